The SMILES string of the molecule is CNC(CC1COCCN1)c1ccccc1C. The predicted molar refractivity (Wildman–Crippen MR) is 70.2 cm³/mol. The molecular formula is C14H22N2O. The van der Waals surface area contributed by atoms with Gasteiger partial charge >= 0.3 is 0 Å². The lowest BCUT2D eigenvalue weighted by Gasteiger charge is -2.28. The number of ether oxygens (including phenoxy) is 1. The van der Waals surface area contributed by atoms with Crippen molar-refractivity contribution >= 4 is 0 Å². The molecule has 17 heavy (non-hydrogen) atoms. The Kier molecular flexibility index (Phi) is 4.54. The molecule has 0 spiro atoms. The number of rotatable bonds is 4. The van der Waals surface area contributed by atoms with Gasteiger partial charge in [0.1, 0.15) is 0 Å². The van der Waals surface area contributed by atoms with E-state index in [4.69, 9.17) is 4.74 Å². The summed E-state index contributed by atoms with van der Waals surface area (Å²) in [7, 11) is 2.03. The Hall–Kier alpha value is -0.900. The molecule has 1 aliphatic rings. The molecule has 1 saturated heterocycles. The second-order valence-corrected chi connectivity index (χ2v) is 4.66. The van der Waals surface area contributed by atoms with Gasteiger partial charge in [-0.25, -0.2) is 0 Å². The summed E-state index contributed by atoms with van der Waals surface area (Å²) in [5, 5.41) is 6.92. The van der Waals surface area contributed by atoms with Gasteiger partial charge in [-0.15, -0.1) is 0 Å². The summed E-state index contributed by atoms with van der Waals surface area (Å²) in [4.78, 5) is 0. The van der Waals surface area contributed by atoms with Crippen molar-refractivity contribution < 1.29 is 4.74 Å². The minimum atomic E-state index is 0.399. The standard InChI is InChI=1S/C14H22N2O/c1-11-5-3-4-6-13(11)14(15-2)9-12-10-17-8-7-16-12/h3-6,12,14-16H,7-10H2,1-2H3. The fraction of sp³-hybridized carbons (Fsp3) is 0.571. The zero-order chi connectivity index (χ0) is 12.1. The first-order chi connectivity index (χ1) is 8.31. The molecule has 0 bridgehead atoms. The first-order valence-electron chi connectivity index (χ1n) is 6.35. The Bertz CT molecular complexity index is 348. The molecule has 1 aromatic carbocycles. The summed E-state index contributed by atoms with van der Waals surface area (Å²) >= 11 is 0. The van der Waals surface area contributed by atoms with E-state index in [1.54, 1.807) is 0 Å². The van der Waals surface area contributed by atoms with E-state index in [9.17, 15) is 0 Å². The Morgan fingerprint density at radius 3 is 2.94 bits per heavy atom. The lowest BCUT2D eigenvalue weighted by molar-refractivity contribution is 0.0708. The number of benzene rings is 1. The van der Waals surface area contributed by atoms with Gasteiger partial charge in [-0.05, 0) is 31.5 Å². The highest BCUT2D eigenvalue weighted by molar-refractivity contribution is 5.28. The number of hydrogen-bond acceptors (Lipinski definition) is 3. The number of aryl methyl sites for hydroxylation is 1. The zero-order valence-electron chi connectivity index (χ0n) is 10.7. The molecule has 2 unspecified atom stereocenters. The predicted octanol–water partition coefficient (Wildman–Crippen LogP) is 1.63. The molecule has 2 rings (SSSR count). The maximum Gasteiger partial charge on any atom is 0.0620 e. The van der Waals surface area contributed by atoms with Crippen LogP contribution in [-0.2, 0) is 4.74 Å². The van der Waals surface area contributed by atoms with E-state index in [1.165, 1.54) is 11.1 Å². The van der Waals surface area contributed by atoms with Gasteiger partial charge in [0.15, 0.2) is 0 Å². The van der Waals surface area contributed by atoms with Crippen molar-refractivity contribution in [1.29, 1.82) is 0 Å². The lowest BCUT2D eigenvalue weighted by Crippen LogP contribution is -2.43. The highest BCUT2D eigenvalue weighted by atomic mass is 16.5. The number of nitrogens with one attached hydrogen (secondary N) is 2. The summed E-state index contributed by atoms with van der Waals surface area (Å²) in [6, 6.07) is 9.44. The van der Waals surface area contributed by atoms with Crippen LogP contribution < -0.4 is 10.6 Å². The molecule has 1 aromatic rings. The molecule has 94 valence electrons. The molecular weight excluding hydrogens is 212 g/mol. The molecule has 0 radical (unpaired) electrons. The Balaban J connectivity index is 2.03. The summed E-state index contributed by atoms with van der Waals surface area (Å²) in [6.45, 7) is 4.80. The molecule has 0 aliphatic carbocycles. The van der Waals surface area contributed by atoms with Gasteiger partial charge in [0.05, 0.1) is 13.2 Å². The van der Waals surface area contributed by atoms with Gasteiger partial charge in [0, 0.05) is 18.6 Å². The summed E-state index contributed by atoms with van der Waals surface area (Å²) in [5.41, 5.74) is 2.74. The monoisotopic (exact) mass is 234 g/mol. The second kappa shape index (κ2) is 6.15. The average Bonchev–Trinajstić information content (AvgIpc) is 2.38. The van der Waals surface area contributed by atoms with Crippen LogP contribution in [0.5, 0.6) is 0 Å². The van der Waals surface area contributed by atoms with Crippen LogP contribution in [0.3, 0.4) is 0 Å². The van der Waals surface area contributed by atoms with Crippen LogP contribution in [0, 0.1) is 6.92 Å². The van der Waals surface area contributed by atoms with Crippen molar-refractivity contribution in [3.63, 3.8) is 0 Å². The van der Waals surface area contributed by atoms with Crippen LogP contribution in [0.2, 0.25) is 0 Å². The Morgan fingerprint density at radius 1 is 1.47 bits per heavy atom. The molecule has 0 amide bonds. The van der Waals surface area contributed by atoms with Crippen molar-refractivity contribution in [3.05, 3.63) is 35.4 Å². The van der Waals surface area contributed by atoms with Crippen molar-refractivity contribution in [2.45, 2.75) is 25.4 Å². The van der Waals surface area contributed by atoms with E-state index >= 15 is 0 Å². The van der Waals surface area contributed by atoms with Gasteiger partial charge in [-0.1, -0.05) is 24.3 Å². The first kappa shape index (κ1) is 12.6. The third-order valence-electron chi connectivity index (χ3n) is 3.43. The van der Waals surface area contributed by atoms with Crippen LogP contribution in [-0.4, -0.2) is 32.8 Å². The fourth-order valence-electron chi connectivity index (χ4n) is 2.43. The summed E-state index contributed by atoms with van der Waals surface area (Å²) in [6.07, 6.45) is 1.07. The van der Waals surface area contributed by atoms with Gasteiger partial charge in [-0.2, -0.15) is 0 Å². The van der Waals surface area contributed by atoms with E-state index < -0.39 is 0 Å². The average molecular weight is 234 g/mol. The van der Waals surface area contributed by atoms with Crippen LogP contribution in [0.25, 0.3) is 0 Å². The fourth-order valence-corrected chi connectivity index (χ4v) is 2.43. The highest BCUT2D eigenvalue weighted by Gasteiger charge is 2.19. The van der Waals surface area contributed by atoms with Crippen LogP contribution in [0.15, 0.2) is 24.3 Å². The summed E-state index contributed by atoms with van der Waals surface area (Å²) in [5.74, 6) is 0. The van der Waals surface area contributed by atoms with Gasteiger partial charge in [0.2, 0.25) is 0 Å². The molecule has 2 N–H and O–H groups in total. The highest BCUT2D eigenvalue weighted by Crippen LogP contribution is 2.22. The first-order valence-corrected chi connectivity index (χ1v) is 6.35. The minimum Gasteiger partial charge on any atom is -0.379 e. The van der Waals surface area contributed by atoms with Crippen LogP contribution in [0.4, 0.5) is 0 Å². The van der Waals surface area contributed by atoms with E-state index in [-0.39, 0.29) is 0 Å². The van der Waals surface area contributed by atoms with Crippen molar-refractivity contribution in [2.75, 3.05) is 26.8 Å². The maximum atomic E-state index is 5.50. The van der Waals surface area contributed by atoms with E-state index in [2.05, 4.69) is 41.8 Å². The Morgan fingerprint density at radius 2 is 2.29 bits per heavy atom. The lowest BCUT2D eigenvalue weighted by atomic mass is 9.95. The van der Waals surface area contributed by atoms with Gasteiger partial charge in [0.25, 0.3) is 0 Å². The number of hydrogen-bond donors (Lipinski definition) is 2. The van der Waals surface area contributed by atoms with Gasteiger partial charge < -0.3 is 15.4 Å². The summed E-state index contributed by atoms with van der Waals surface area (Å²) < 4.78 is 5.50. The van der Waals surface area contributed by atoms with Gasteiger partial charge in [-0.3, -0.25) is 0 Å². The van der Waals surface area contributed by atoms with Crippen molar-refractivity contribution in [3.8, 4) is 0 Å². The Labute approximate surface area is 104 Å². The molecule has 1 heterocycles. The van der Waals surface area contributed by atoms with Crippen molar-refractivity contribution in [1.82, 2.24) is 10.6 Å². The second-order valence-electron chi connectivity index (χ2n) is 4.66. The molecule has 0 aromatic heterocycles. The van der Waals surface area contributed by atoms with E-state index in [1.807, 2.05) is 7.05 Å². The molecule has 3 nitrogen and oxygen atoms in total. The normalized spacial score (nSPS) is 22.4. The smallest absolute Gasteiger partial charge is 0.0620 e. The number of morpholine rings is 1. The van der Waals surface area contributed by atoms with Crippen molar-refractivity contribution in [2.24, 2.45) is 0 Å². The third-order valence-corrected chi connectivity index (χ3v) is 3.43. The van der Waals surface area contributed by atoms with Crippen LogP contribution in [0.1, 0.15) is 23.6 Å². The molecule has 1 fully saturated rings. The van der Waals surface area contributed by atoms with Crippen LogP contribution >= 0.6 is 0 Å². The third kappa shape index (κ3) is 3.28. The minimum absolute atomic E-state index is 0.399. The topological polar surface area (TPSA) is 33.3 Å². The molecule has 1 aliphatic heterocycles. The molecule has 0 saturated carbocycles. The molecule has 2 atom stereocenters. The molecule has 3 heteroatoms. The maximum absolute atomic E-state index is 5.50. The van der Waals surface area contributed by atoms with E-state index in [0.717, 1.165) is 26.2 Å². The largest absolute Gasteiger partial charge is 0.379 e. The zero-order valence-corrected chi connectivity index (χ0v) is 10.7. The quantitative estimate of drug-likeness (QED) is 0.831. The van der Waals surface area contributed by atoms with E-state index in [0.29, 0.717) is 12.1 Å².